The van der Waals surface area contributed by atoms with Crippen molar-refractivity contribution in [2.75, 3.05) is 7.11 Å². The molecule has 3 aromatic rings. The van der Waals surface area contributed by atoms with E-state index in [1.807, 2.05) is 30.3 Å². The zero-order chi connectivity index (χ0) is 27.3. The fourth-order valence-electron chi connectivity index (χ4n) is 4.48. The molecular formula is C27H27F3N2O5S. The van der Waals surface area contributed by atoms with Gasteiger partial charge >= 0.3 is 15.5 Å². The molecule has 1 heterocycles. The number of sulfonamides is 1. The second-order valence-corrected chi connectivity index (χ2v) is 10.7. The first-order valence-electron chi connectivity index (χ1n) is 12.0. The molecule has 0 spiro atoms. The van der Waals surface area contributed by atoms with Gasteiger partial charge in [0.05, 0.1) is 13.2 Å². The maximum Gasteiger partial charge on any atom is 0.516 e. The largest absolute Gasteiger partial charge is 0.516 e. The number of pyridine rings is 1. The minimum atomic E-state index is -5.81. The Balaban J connectivity index is 1.65. The van der Waals surface area contributed by atoms with Crippen LogP contribution in [-0.2, 0) is 16.4 Å². The van der Waals surface area contributed by atoms with Gasteiger partial charge in [-0.15, -0.1) is 0 Å². The Kier molecular flexibility index (Phi) is 8.25. The van der Waals surface area contributed by atoms with Gasteiger partial charge in [-0.2, -0.15) is 21.6 Å². The summed E-state index contributed by atoms with van der Waals surface area (Å²) < 4.78 is 73.5. The number of rotatable bonds is 9. The number of halogens is 3. The normalized spacial score (nSPS) is 15.2. The van der Waals surface area contributed by atoms with Crippen LogP contribution in [0.3, 0.4) is 0 Å². The lowest BCUT2D eigenvalue weighted by Crippen LogP contribution is -2.40. The van der Waals surface area contributed by atoms with Crippen molar-refractivity contribution < 1.29 is 35.9 Å². The van der Waals surface area contributed by atoms with E-state index in [0.29, 0.717) is 17.9 Å². The maximum absolute atomic E-state index is 12.7. The number of aromatic nitrogens is 1. The standard InChI is InChI=1S/C27H27F3N2O5S/c1-36-24-11-10-21(17-25(24)37-22-4-2-3-5-22)23(16-18-12-14-31-15-13-18)19-6-8-20(9-7-19)26(33)32-38(34,35)27(28,29)30/h6-15,17,22-23H,2-5,16H2,1H3,(H,32,33). The Labute approximate surface area is 219 Å². The van der Waals surface area contributed by atoms with Gasteiger partial charge in [0.15, 0.2) is 11.5 Å². The SMILES string of the molecule is COc1ccc(C(Cc2ccncc2)c2ccc(C(=O)NS(=O)(=O)C(F)(F)F)cc2)cc1OC1CCCC1. The van der Waals surface area contributed by atoms with Crippen LogP contribution < -0.4 is 14.2 Å². The van der Waals surface area contributed by atoms with Crippen LogP contribution in [0.1, 0.15) is 58.6 Å². The summed E-state index contributed by atoms with van der Waals surface area (Å²) in [7, 11) is -4.23. The molecule has 38 heavy (non-hydrogen) atoms. The highest BCUT2D eigenvalue weighted by Crippen LogP contribution is 2.37. The number of benzene rings is 2. The molecule has 2 aromatic carbocycles. The fraction of sp³-hybridized carbons (Fsp3) is 0.333. The van der Waals surface area contributed by atoms with E-state index in [-0.39, 0.29) is 17.6 Å². The monoisotopic (exact) mass is 548 g/mol. The fourth-order valence-corrected chi connectivity index (χ4v) is 4.95. The molecule has 1 fully saturated rings. The van der Waals surface area contributed by atoms with Crippen LogP contribution in [0.4, 0.5) is 13.2 Å². The molecule has 7 nitrogen and oxygen atoms in total. The smallest absolute Gasteiger partial charge is 0.493 e. The van der Waals surface area contributed by atoms with Crippen LogP contribution >= 0.6 is 0 Å². The van der Waals surface area contributed by atoms with E-state index in [4.69, 9.17) is 9.47 Å². The number of carbonyl (C=O) groups is 1. The third-order valence-electron chi connectivity index (χ3n) is 6.48. The first kappa shape index (κ1) is 27.4. The molecule has 202 valence electrons. The van der Waals surface area contributed by atoms with E-state index in [1.54, 1.807) is 31.6 Å². The highest BCUT2D eigenvalue weighted by atomic mass is 32.2. The highest BCUT2D eigenvalue weighted by molar-refractivity contribution is 7.90. The molecule has 1 atom stereocenters. The van der Waals surface area contributed by atoms with Gasteiger partial charge in [0.25, 0.3) is 5.91 Å². The second-order valence-electron chi connectivity index (χ2n) is 9.05. The van der Waals surface area contributed by atoms with Crippen molar-refractivity contribution in [2.45, 2.75) is 49.6 Å². The number of carbonyl (C=O) groups excluding carboxylic acids is 1. The van der Waals surface area contributed by atoms with E-state index in [2.05, 4.69) is 4.98 Å². The number of ether oxygens (including phenoxy) is 2. The Morgan fingerprint density at radius 2 is 1.63 bits per heavy atom. The van der Waals surface area contributed by atoms with Gasteiger partial charge in [0.1, 0.15) is 0 Å². The Morgan fingerprint density at radius 3 is 2.24 bits per heavy atom. The molecule has 1 aliphatic carbocycles. The summed E-state index contributed by atoms with van der Waals surface area (Å²) in [4.78, 5) is 16.3. The summed E-state index contributed by atoms with van der Waals surface area (Å²) in [6, 6.07) is 15.3. The van der Waals surface area contributed by atoms with Crippen molar-refractivity contribution in [1.29, 1.82) is 0 Å². The second kappa shape index (κ2) is 11.4. The quantitative estimate of drug-likeness (QED) is 0.387. The summed E-state index contributed by atoms with van der Waals surface area (Å²) >= 11 is 0. The lowest BCUT2D eigenvalue weighted by Gasteiger charge is -2.22. The maximum atomic E-state index is 12.7. The number of methoxy groups -OCH3 is 1. The number of hydrogen-bond acceptors (Lipinski definition) is 6. The summed E-state index contributed by atoms with van der Waals surface area (Å²) in [5.74, 6) is -0.340. The third-order valence-corrected chi connectivity index (χ3v) is 7.55. The zero-order valence-corrected chi connectivity index (χ0v) is 21.4. The van der Waals surface area contributed by atoms with E-state index in [0.717, 1.165) is 47.1 Å². The Morgan fingerprint density at radius 1 is 1.00 bits per heavy atom. The van der Waals surface area contributed by atoms with Gasteiger partial charge in [-0.05, 0) is 85.2 Å². The van der Waals surface area contributed by atoms with Crippen LogP contribution in [-0.4, -0.2) is 38.0 Å². The molecule has 1 aliphatic rings. The number of nitrogens with one attached hydrogen (secondary N) is 1. The molecule has 11 heteroatoms. The Hall–Kier alpha value is -3.60. The molecule has 1 amide bonds. The number of nitrogens with zero attached hydrogens (tertiary/aromatic N) is 1. The lowest BCUT2D eigenvalue weighted by atomic mass is 9.85. The molecular weight excluding hydrogens is 521 g/mol. The van der Waals surface area contributed by atoms with Crippen LogP contribution in [0.2, 0.25) is 0 Å². The van der Waals surface area contributed by atoms with Gasteiger partial charge < -0.3 is 9.47 Å². The summed E-state index contributed by atoms with van der Waals surface area (Å²) in [5, 5.41) is 0. The van der Waals surface area contributed by atoms with E-state index in [1.165, 1.54) is 12.1 Å². The topological polar surface area (TPSA) is 94.6 Å². The van der Waals surface area contributed by atoms with Gasteiger partial charge in [-0.1, -0.05) is 18.2 Å². The predicted molar refractivity (Wildman–Crippen MR) is 135 cm³/mol. The first-order valence-corrected chi connectivity index (χ1v) is 13.5. The van der Waals surface area contributed by atoms with Crippen molar-refractivity contribution in [1.82, 2.24) is 9.71 Å². The van der Waals surface area contributed by atoms with Gasteiger partial charge in [-0.25, -0.2) is 4.72 Å². The number of alkyl halides is 3. The number of amides is 1. The average Bonchev–Trinajstić information content (AvgIpc) is 3.40. The van der Waals surface area contributed by atoms with E-state index in [9.17, 15) is 26.4 Å². The van der Waals surface area contributed by atoms with E-state index < -0.39 is 21.4 Å². The molecule has 0 aliphatic heterocycles. The lowest BCUT2D eigenvalue weighted by molar-refractivity contribution is -0.0446. The molecule has 1 aromatic heterocycles. The van der Waals surface area contributed by atoms with Gasteiger partial charge in [0.2, 0.25) is 0 Å². The van der Waals surface area contributed by atoms with Crippen LogP contribution in [0.5, 0.6) is 11.5 Å². The molecule has 1 saturated carbocycles. The number of hydrogen-bond donors (Lipinski definition) is 1. The van der Waals surface area contributed by atoms with Crippen LogP contribution in [0, 0.1) is 0 Å². The van der Waals surface area contributed by atoms with Crippen molar-refractivity contribution in [3.05, 3.63) is 89.2 Å². The van der Waals surface area contributed by atoms with E-state index >= 15 is 0 Å². The van der Waals surface area contributed by atoms with Gasteiger partial charge in [-0.3, -0.25) is 9.78 Å². The molecule has 0 radical (unpaired) electrons. The molecule has 4 rings (SSSR count). The molecule has 1 N–H and O–H groups in total. The van der Waals surface area contributed by atoms with Gasteiger partial charge in [0, 0.05) is 23.9 Å². The van der Waals surface area contributed by atoms with Crippen molar-refractivity contribution in [3.63, 3.8) is 0 Å². The minimum absolute atomic E-state index is 0.114. The minimum Gasteiger partial charge on any atom is -0.493 e. The molecule has 0 bridgehead atoms. The Bertz CT molecular complexity index is 1360. The average molecular weight is 549 g/mol. The van der Waals surface area contributed by atoms with Crippen LogP contribution in [0.15, 0.2) is 67.0 Å². The molecule has 1 unspecified atom stereocenters. The third kappa shape index (κ3) is 6.45. The predicted octanol–water partition coefficient (Wildman–Crippen LogP) is 5.37. The zero-order valence-electron chi connectivity index (χ0n) is 20.6. The van der Waals surface area contributed by atoms with Crippen LogP contribution in [0.25, 0.3) is 0 Å². The molecule has 0 saturated heterocycles. The summed E-state index contributed by atoms with van der Waals surface area (Å²) in [5.41, 5.74) is -3.13. The van der Waals surface area contributed by atoms with Crippen molar-refractivity contribution in [2.24, 2.45) is 0 Å². The highest BCUT2D eigenvalue weighted by Gasteiger charge is 2.47. The first-order chi connectivity index (χ1) is 18.1. The summed E-state index contributed by atoms with van der Waals surface area (Å²) in [6.45, 7) is 0. The van der Waals surface area contributed by atoms with Crippen molar-refractivity contribution >= 4 is 15.9 Å². The summed E-state index contributed by atoms with van der Waals surface area (Å²) in [6.07, 6.45) is 8.22. The van der Waals surface area contributed by atoms with Crippen molar-refractivity contribution in [3.8, 4) is 11.5 Å².